The molecule has 2 amide bonds. The number of nitrogens with zero attached hydrogens (tertiary/aromatic N) is 2. The van der Waals surface area contributed by atoms with Crippen LogP contribution in [0.15, 0.2) is 48.5 Å². The fraction of sp³-hybridized carbons (Fsp3) is 0.364. The predicted octanol–water partition coefficient (Wildman–Crippen LogP) is 0.861. The minimum Gasteiger partial charge on any atom is -0.508 e. The lowest BCUT2D eigenvalue weighted by molar-refractivity contribution is -0.892. The number of para-hydroxylation sites is 2. The van der Waals surface area contributed by atoms with Crippen molar-refractivity contribution in [3.8, 4) is 5.75 Å². The normalized spacial score (nSPS) is 20.0. The number of piperazine rings is 1. The summed E-state index contributed by atoms with van der Waals surface area (Å²) in [5.41, 5.74) is 2.56. The van der Waals surface area contributed by atoms with Gasteiger partial charge >= 0.3 is 0 Å². The average molecular weight is 395 g/mol. The lowest BCUT2D eigenvalue weighted by Crippen LogP contribution is -3.16. The molecule has 0 aliphatic carbocycles. The third-order valence-electron chi connectivity index (χ3n) is 5.71. The highest BCUT2D eigenvalue weighted by Crippen LogP contribution is 2.31. The van der Waals surface area contributed by atoms with Crippen LogP contribution in [0.4, 0.5) is 17.1 Å². The first-order chi connectivity index (χ1) is 14.0. The van der Waals surface area contributed by atoms with Gasteiger partial charge in [-0.05, 0) is 43.3 Å². The van der Waals surface area contributed by atoms with Crippen LogP contribution in [0.25, 0.3) is 0 Å². The number of hydrogen-bond donors (Lipinski definition) is 3. The number of hydrogen-bond acceptors (Lipinski definition) is 4. The Kier molecular flexibility index (Phi) is 5.40. The number of benzene rings is 2. The molecule has 152 valence electrons. The van der Waals surface area contributed by atoms with Crippen molar-refractivity contribution in [1.82, 2.24) is 0 Å². The second kappa shape index (κ2) is 8.13. The third-order valence-corrected chi connectivity index (χ3v) is 5.71. The van der Waals surface area contributed by atoms with Crippen LogP contribution in [-0.4, -0.2) is 55.7 Å². The third kappa shape index (κ3) is 4.19. The monoisotopic (exact) mass is 395 g/mol. The molecule has 2 aromatic rings. The summed E-state index contributed by atoms with van der Waals surface area (Å²) in [6.45, 7) is 5.80. The van der Waals surface area contributed by atoms with Crippen molar-refractivity contribution in [2.75, 3.05) is 47.8 Å². The molecule has 3 N–H and O–H groups in total. The molecule has 1 fully saturated rings. The van der Waals surface area contributed by atoms with Crippen LogP contribution in [0.1, 0.15) is 13.3 Å². The Bertz CT molecular complexity index is 891. The number of quaternary nitrogens is 1. The molecule has 29 heavy (non-hydrogen) atoms. The van der Waals surface area contributed by atoms with Crippen LogP contribution in [0, 0.1) is 0 Å². The molecule has 4 rings (SSSR count). The zero-order valence-electron chi connectivity index (χ0n) is 16.6. The maximum atomic E-state index is 13.2. The van der Waals surface area contributed by atoms with E-state index in [1.54, 1.807) is 17.0 Å². The van der Waals surface area contributed by atoms with E-state index in [4.69, 9.17) is 0 Å². The van der Waals surface area contributed by atoms with Crippen molar-refractivity contribution < 1.29 is 19.6 Å². The highest BCUT2D eigenvalue weighted by atomic mass is 16.3. The molecule has 1 atom stereocenters. The second-order valence-corrected chi connectivity index (χ2v) is 7.81. The summed E-state index contributed by atoms with van der Waals surface area (Å²) in [4.78, 5) is 30.7. The van der Waals surface area contributed by atoms with Crippen LogP contribution in [0.5, 0.6) is 5.75 Å². The molecule has 2 aromatic carbocycles. The SMILES string of the molecule is C[C@H]1CC(=O)Nc2ccccc2N1C(=O)C[NH+]1CCN(c2ccc(O)cc2)CC1. The zero-order chi connectivity index (χ0) is 20.4. The Morgan fingerprint density at radius 1 is 1.14 bits per heavy atom. The van der Waals surface area contributed by atoms with Gasteiger partial charge in [0.05, 0.1) is 37.6 Å². The van der Waals surface area contributed by atoms with Crippen molar-refractivity contribution in [1.29, 1.82) is 0 Å². The highest BCUT2D eigenvalue weighted by molar-refractivity contribution is 6.04. The number of fused-ring (bicyclic) bond motifs is 1. The fourth-order valence-electron chi connectivity index (χ4n) is 4.19. The lowest BCUT2D eigenvalue weighted by atomic mass is 10.1. The number of carbonyl (C=O) groups excluding carboxylic acids is 2. The number of rotatable bonds is 3. The molecule has 1 saturated heterocycles. The van der Waals surface area contributed by atoms with Gasteiger partial charge in [-0.25, -0.2) is 0 Å². The number of amides is 2. The van der Waals surface area contributed by atoms with Gasteiger partial charge < -0.3 is 25.1 Å². The molecule has 7 nitrogen and oxygen atoms in total. The predicted molar refractivity (Wildman–Crippen MR) is 113 cm³/mol. The zero-order valence-corrected chi connectivity index (χ0v) is 16.6. The number of phenolic OH excluding ortho intramolecular Hbond substituents is 1. The molecule has 0 radical (unpaired) electrons. The van der Waals surface area contributed by atoms with E-state index in [0.717, 1.165) is 37.6 Å². The number of carbonyl (C=O) groups is 2. The molecule has 2 aliphatic heterocycles. The van der Waals surface area contributed by atoms with E-state index < -0.39 is 0 Å². The number of phenols is 1. The Balaban J connectivity index is 1.42. The van der Waals surface area contributed by atoms with Crippen molar-refractivity contribution in [2.24, 2.45) is 0 Å². The van der Waals surface area contributed by atoms with Gasteiger partial charge in [0.15, 0.2) is 6.54 Å². The van der Waals surface area contributed by atoms with Crippen molar-refractivity contribution in [2.45, 2.75) is 19.4 Å². The molecular weight excluding hydrogens is 368 g/mol. The Morgan fingerprint density at radius 3 is 2.55 bits per heavy atom. The molecule has 7 heteroatoms. The summed E-state index contributed by atoms with van der Waals surface area (Å²) >= 11 is 0. The maximum Gasteiger partial charge on any atom is 0.282 e. The Hall–Kier alpha value is -3.06. The van der Waals surface area contributed by atoms with E-state index in [1.165, 1.54) is 4.90 Å². The molecule has 0 aromatic heterocycles. The van der Waals surface area contributed by atoms with Crippen LogP contribution in [0.3, 0.4) is 0 Å². The van der Waals surface area contributed by atoms with Crippen LogP contribution in [-0.2, 0) is 9.59 Å². The van der Waals surface area contributed by atoms with Gasteiger partial charge in [0.1, 0.15) is 5.75 Å². The van der Waals surface area contributed by atoms with Crippen LogP contribution in [0.2, 0.25) is 0 Å². The molecule has 0 spiro atoms. The van der Waals surface area contributed by atoms with E-state index in [1.807, 2.05) is 43.3 Å². The Morgan fingerprint density at radius 2 is 1.83 bits per heavy atom. The standard InChI is InChI=1S/C22H26N4O3/c1-16-14-21(28)23-19-4-2-3-5-20(19)26(16)22(29)15-24-10-12-25(13-11-24)17-6-8-18(27)9-7-17/h2-9,16,27H,10-15H2,1H3,(H,23,28)/p+1/t16-/m0/s1. The summed E-state index contributed by atoms with van der Waals surface area (Å²) < 4.78 is 0. The minimum atomic E-state index is -0.177. The quantitative estimate of drug-likeness (QED) is 0.721. The molecule has 0 bridgehead atoms. The smallest absolute Gasteiger partial charge is 0.282 e. The summed E-state index contributed by atoms with van der Waals surface area (Å²) in [6.07, 6.45) is 0.296. The second-order valence-electron chi connectivity index (χ2n) is 7.81. The van der Waals surface area contributed by atoms with E-state index in [0.29, 0.717) is 18.7 Å². The summed E-state index contributed by atoms with van der Waals surface area (Å²) in [5.74, 6) is 0.257. The van der Waals surface area contributed by atoms with Crippen LogP contribution < -0.4 is 20.0 Å². The highest BCUT2D eigenvalue weighted by Gasteiger charge is 2.32. The molecule has 0 unspecified atom stereocenters. The van der Waals surface area contributed by atoms with Gasteiger partial charge in [0, 0.05) is 18.2 Å². The van der Waals surface area contributed by atoms with Crippen molar-refractivity contribution in [3.63, 3.8) is 0 Å². The van der Waals surface area contributed by atoms with E-state index in [2.05, 4.69) is 10.2 Å². The van der Waals surface area contributed by atoms with Crippen LogP contribution >= 0.6 is 0 Å². The Labute approximate surface area is 170 Å². The van der Waals surface area contributed by atoms with Gasteiger partial charge in [-0.2, -0.15) is 0 Å². The van der Waals surface area contributed by atoms with Gasteiger partial charge in [-0.1, -0.05) is 12.1 Å². The van der Waals surface area contributed by atoms with E-state index in [-0.39, 0.29) is 23.6 Å². The molecule has 0 saturated carbocycles. The molecule has 2 aliphatic rings. The topological polar surface area (TPSA) is 77.3 Å². The van der Waals surface area contributed by atoms with Gasteiger partial charge in [0.25, 0.3) is 5.91 Å². The van der Waals surface area contributed by atoms with E-state index in [9.17, 15) is 14.7 Å². The lowest BCUT2D eigenvalue weighted by Gasteiger charge is -2.35. The van der Waals surface area contributed by atoms with Crippen molar-refractivity contribution >= 4 is 28.9 Å². The first-order valence-electron chi connectivity index (χ1n) is 10.1. The maximum absolute atomic E-state index is 13.2. The fourth-order valence-corrected chi connectivity index (χ4v) is 4.19. The number of anilines is 3. The largest absolute Gasteiger partial charge is 0.508 e. The minimum absolute atomic E-state index is 0.0505. The summed E-state index contributed by atoms with van der Waals surface area (Å²) in [5, 5.41) is 12.4. The molecular formula is C22H27N4O3+. The summed E-state index contributed by atoms with van der Waals surface area (Å²) in [7, 11) is 0. The summed E-state index contributed by atoms with van der Waals surface area (Å²) in [6, 6.07) is 14.6. The van der Waals surface area contributed by atoms with E-state index >= 15 is 0 Å². The van der Waals surface area contributed by atoms with Gasteiger partial charge in [-0.3, -0.25) is 9.59 Å². The number of nitrogens with one attached hydrogen (secondary N) is 2. The molecule has 2 heterocycles. The first-order valence-corrected chi connectivity index (χ1v) is 10.1. The van der Waals surface area contributed by atoms with Gasteiger partial charge in [-0.15, -0.1) is 0 Å². The number of aromatic hydroxyl groups is 1. The first kappa shape index (κ1) is 19.3. The van der Waals surface area contributed by atoms with Gasteiger partial charge in [0.2, 0.25) is 5.91 Å². The van der Waals surface area contributed by atoms with Crippen molar-refractivity contribution in [3.05, 3.63) is 48.5 Å². The average Bonchev–Trinajstić information content (AvgIpc) is 2.83.